The molecule has 0 atom stereocenters. The largest absolute Gasteiger partial charge is 0.435 e. The van der Waals surface area contributed by atoms with Crippen molar-refractivity contribution in [3.8, 4) is 11.5 Å². The lowest BCUT2D eigenvalue weighted by Crippen LogP contribution is -2.75. The maximum Gasteiger partial charge on any atom is 0.227 e. The molecule has 11 aromatic rings. The Hall–Kier alpha value is -7.53. The van der Waals surface area contributed by atoms with Crippen LogP contribution in [0.15, 0.2) is 235 Å². The number of rotatable bonds is 8. The van der Waals surface area contributed by atoms with Gasteiger partial charge in [0.2, 0.25) is 5.89 Å². The summed E-state index contributed by atoms with van der Waals surface area (Å²) >= 11 is 0. The lowest BCUT2D eigenvalue weighted by atomic mass is 10.00. The molecule has 0 unspecified atom stereocenters. The predicted molar refractivity (Wildman–Crippen MR) is 250 cm³/mol. The maximum absolute atomic E-state index is 6.68. The summed E-state index contributed by atoms with van der Waals surface area (Å²) in [6.07, 6.45) is 0. The van der Waals surface area contributed by atoms with Crippen LogP contribution in [-0.4, -0.2) is 13.1 Å². The summed E-state index contributed by atoms with van der Waals surface area (Å²) < 4.78 is 6.68. The fourth-order valence-corrected chi connectivity index (χ4v) is 14.0. The molecule has 4 heteroatoms. The van der Waals surface area contributed by atoms with Crippen molar-refractivity contribution in [3.05, 3.63) is 231 Å². The van der Waals surface area contributed by atoms with Crippen molar-refractivity contribution in [3.63, 3.8) is 0 Å². The van der Waals surface area contributed by atoms with Gasteiger partial charge in [0.15, 0.2) is 13.7 Å². The second kappa shape index (κ2) is 14.4. The number of hydrogen-bond acceptors (Lipinski definition) is 3. The van der Waals surface area contributed by atoms with Gasteiger partial charge in [-0.1, -0.05) is 182 Å². The Labute approximate surface area is 344 Å². The first-order valence-electron chi connectivity index (χ1n) is 20.1. The van der Waals surface area contributed by atoms with E-state index < -0.39 is 8.07 Å². The first kappa shape index (κ1) is 34.7. The van der Waals surface area contributed by atoms with Crippen molar-refractivity contribution in [2.45, 2.75) is 0 Å². The first-order valence-corrected chi connectivity index (χ1v) is 22.1. The molecule has 1 aromatic heterocycles. The van der Waals surface area contributed by atoms with Crippen LogP contribution in [0.3, 0.4) is 0 Å². The summed E-state index contributed by atoms with van der Waals surface area (Å²) in [5, 5.41) is 12.1. The van der Waals surface area contributed by atoms with E-state index in [1.54, 1.807) is 0 Å². The van der Waals surface area contributed by atoms with E-state index in [9.17, 15) is 0 Å². The van der Waals surface area contributed by atoms with Gasteiger partial charge in [-0.2, -0.15) is 0 Å². The van der Waals surface area contributed by atoms with Crippen molar-refractivity contribution in [1.29, 1.82) is 0 Å². The molecule has 59 heavy (non-hydrogen) atoms. The molecule has 0 aliphatic rings. The molecule has 0 saturated heterocycles. The highest BCUT2D eigenvalue weighted by atomic mass is 28.3. The van der Waals surface area contributed by atoms with Gasteiger partial charge in [-0.3, -0.25) is 0 Å². The fraction of sp³-hybridized carbons (Fsp3) is 0. The van der Waals surface area contributed by atoms with Crippen LogP contribution in [-0.2, 0) is 0 Å². The monoisotopic (exact) mass is 770 g/mol. The Balaban J connectivity index is 1.22. The second-order valence-corrected chi connectivity index (χ2v) is 18.9. The van der Waals surface area contributed by atoms with E-state index >= 15 is 0 Å². The Kier molecular flexibility index (Phi) is 8.49. The Bertz CT molecular complexity index is 3180. The highest BCUT2D eigenvalue weighted by molar-refractivity contribution is 7.20. The fourth-order valence-electron chi connectivity index (χ4n) is 9.11. The molecule has 0 spiro atoms. The summed E-state index contributed by atoms with van der Waals surface area (Å²) in [7, 11) is -2.95. The van der Waals surface area contributed by atoms with Crippen molar-refractivity contribution >= 4 is 89.3 Å². The molecule has 0 bridgehead atoms. The van der Waals surface area contributed by atoms with Crippen LogP contribution in [0.5, 0.6) is 0 Å². The highest BCUT2D eigenvalue weighted by Gasteiger charge is 2.43. The minimum Gasteiger partial charge on any atom is -0.435 e. The van der Waals surface area contributed by atoms with Crippen LogP contribution in [0, 0.1) is 0 Å². The molecule has 0 fully saturated rings. The number of aromatic nitrogens is 1. The van der Waals surface area contributed by atoms with E-state index in [4.69, 9.17) is 9.40 Å². The quantitative estimate of drug-likeness (QED) is 0.0875. The second-order valence-electron chi connectivity index (χ2n) is 15.1. The Morgan fingerprint density at radius 2 is 0.915 bits per heavy atom. The smallest absolute Gasteiger partial charge is 0.227 e. The van der Waals surface area contributed by atoms with E-state index in [-0.39, 0.29) is 0 Å². The lowest BCUT2D eigenvalue weighted by molar-refractivity contribution is 0.623. The maximum atomic E-state index is 6.68. The summed E-state index contributed by atoms with van der Waals surface area (Å²) in [6.45, 7) is 0. The van der Waals surface area contributed by atoms with Crippen molar-refractivity contribution in [1.82, 2.24) is 4.98 Å². The third-order valence-corrected chi connectivity index (χ3v) is 16.6. The molecule has 0 amide bonds. The normalized spacial score (nSPS) is 11.7. The zero-order chi connectivity index (χ0) is 39.2. The molecule has 0 aliphatic heterocycles. The van der Waals surface area contributed by atoms with E-state index in [2.05, 4.69) is 205 Å². The molecule has 3 nitrogen and oxygen atoms in total. The molecule has 0 aliphatic carbocycles. The zero-order valence-electron chi connectivity index (χ0n) is 32.2. The summed E-state index contributed by atoms with van der Waals surface area (Å²) in [5.74, 6) is 0.622. The SMILES string of the molecule is c1ccc(-c2nc3ccc4ccc5ccc(N(c6ccc7ccccc7c6)c6ccccc6[Si](c6ccccc6)(c6ccccc6)c6ccccc6)cc5c4c3o2)cc1. The number of anilines is 3. The number of para-hydroxylation sites is 1. The molecule has 1 heterocycles. The van der Waals surface area contributed by atoms with Crippen LogP contribution in [0.2, 0.25) is 0 Å². The van der Waals surface area contributed by atoms with Gasteiger partial charge < -0.3 is 9.32 Å². The van der Waals surface area contributed by atoms with Crippen LogP contribution in [0.1, 0.15) is 0 Å². The van der Waals surface area contributed by atoms with Crippen molar-refractivity contribution < 1.29 is 4.42 Å². The highest BCUT2D eigenvalue weighted by Crippen LogP contribution is 2.41. The van der Waals surface area contributed by atoms with E-state index in [1.165, 1.54) is 31.5 Å². The number of oxazole rings is 1. The predicted octanol–water partition coefficient (Wildman–Crippen LogP) is 11.8. The molecule has 0 radical (unpaired) electrons. The number of benzene rings is 10. The third kappa shape index (κ3) is 5.84. The average Bonchev–Trinajstić information content (AvgIpc) is 3.76. The minimum atomic E-state index is -2.95. The molecular weight excluding hydrogens is 733 g/mol. The van der Waals surface area contributed by atoms with E-state index in [1.807, 2.05) is 30.3 Å². The zero-order valence-corrected chi connectivity index (χ0v) is 33.2. The molecule has 11 rings (SSSR count). The first-order chi connectivity index (χ1) is 29.3. The summed E-state index contributed by atoms with van der Waals surface area (Å²) in [6, 6.07) is 83.7. The minimum absolute atomic E-state index is 0.622. The Morgan fingerprint density at radius 3 is 1.59 bits per heavy atom. The summed E-state index contributed by atoms with van der Waals surface area (Å²) in [5.41, 5.74) is 5.89. The Morgan fingerprint density at radius 1 is 0.407 bits per heavy atom. The molecule has 278 valence electrons. The van der Waals surface area contributed by atoms with Gasteiger partial charge >= 0.3 is 0 Å². The van der Waals surface area contributed by atoms with Gasteiger partial charge in [0.05, 0.1) is 0 Å². The van der Waals surface area contributed by atoms with Crippen LogP contribution in [0.25, 0.3) is 54.9 Å². The summed E-state index contributed by atoms with van der Waals surface area (Å²) in [4.78, 5) is 7.45. The van der Waals surface area contributed by atoms with E-state index in [0.29, 0.717) is 5.89 Å². The van der Waals surface area contributed by atoms with Gasteiger partial charge in [-0.25, -0.2) is 4.98 Å². The van der Waals surface area contributed by atoms with Crippen LogP contribution < -0.4 is 25.6 Å². The van der Waals surface area contributed by atoms with Crippen molar-refractivity contribution in [2.24, 2.45) is 0 Å². The topological polar surface area (TPSA) is 29.3 Å². The van der Waals surface area contributed by atoms with Gasteiger partial charge in [0.1, 0.15) is 5.52 Å². The molecule has 0 saturated carbocycles. The van der Waals surface area contributed by atoms with Gasteiger partial charge in [-0.05, 0) is 96.2 Å². The molecule has 10 aromatic carbocycles. The van der Waals surface area contributed by atoms with E-state index in [0.717, 1.165) is 55.3 Å². The third-order valence-electron chi connectivity index (χ3n) is 11.8. The molecular formula is C55H38N2OSi. The van der Waals surface area contributed by atoms with Crippen molar-refractivity contribution in [2.75, 3.05) is 4.90 Å². The average molecular weight is 771 g/mol. The van der Waals surface area contributed by atoms with Gasteiger partial charge in [-0.15, -0.1) is 0 Å². The number of fused-ring (bicyclic) bond motifs is 6. The van der Waals surface area contributed by atoms with Gasteiger partial charge in [0, 0.05) is 28.0 Å². The number of hydrogen-bond donors (Lipinski definition) is 0. The lowest BCUT2D eigenvalue weighted by Gasteiger charge is -2.38. The van der Waals surface area contributed by atoms with Gasteiger partial charge in [0.25, 0.3) is 0 Å². The molecule has 0 N–H and O–H groups in total. The van der Waals surface area contributed by atoms with Crippen LogP contribution >= 0.6 is 0 Å². The standard InChI is InChI=1S/C55H38N2OSi/c1-5-18-42(19-6-1)55-56-50-36-33-41-30-29-40-32-35-45(38-49(40)53(41)54(50)58-55)57(44-34-31-39-17-13-14-20-43(39)37-44)51-27-15-16-28-52(51)59(46-21-7-2-8-22-46,47-23-9-3-10-24-47)48-25-11-4-12-26-48/h1-38H. The number of nitrogens with zero attached hydrogens (tertiary/aromatic N) is 2. The van der Waals surface area contributed by atoms with Crippen LogP contribution in [0.4, 0.5) is 17.1 Å².